The van der Waals surface area contributed by atoms with Crippen LogP contribution in [-0.2, 0) is 11.3 Å². The van der Waals surface area contributed by atoms with E-state index in [4.69, 9.17) is 4.74 Å². The van der Waals surface area contributed by atoms with Gasteiger partial charge in [-0.05, 0) is 66.2 Å². The van der Waals surface area contributed by atoms with Crippen molar-refractivity contribution >= 4 is 11.7 Å². The Morgan fingerprint density at radius 3 is 1.94 bits per heavy atom. The standard InChI is InChI=1S/C24H20F3NO4/c1-28(14-16-2-10-21(11-3-16)32-24(26)27)22(29)15-31-20-12-6-18(7-13-20)23(30)17-4-8-19(25)9-5-17/h2-13,24H,14-15H2,1H3. The van der Waals surface area contributed by atoms with Crippen molar-refractivity contribution in [3.8, 4) is 11.5 Å². The Labute approximate surface area is 183 Å². The highest BCUT2D eigenvalue weighted by Gasteiger charge is 2.13. The summed E-state index contributed by atoms with van der Waals surface area (Å²) in [7, 11) is 1.60. The van der Waals surface area contributed by atoms with Gasteiger partial charge in [0.25, 0.3) is 5.91 Å². The number of hydrogen-bond acceptors (Lipinski definition) is 4. The molecule has 166 valence electrons. The first kappa shape index (κ1) is 22.9. The lowest BCUT2D eigenvalue weighted by Crippen LogP contribution is -2.30. The van der Waals surface area contributed by atoms with Crippen LogP contribution in [0.3, 0.4) is 0 Å². The van der Waals surface area contributed by atoms with E-state index in [0.29, 0.717) is 16.9 Å². The smallest absolute Gasteiger partial charge is 0.387 e. The van der Waals surface area contributed by atoms with E-state index >= 15 is 0 Å². The van der Waals surface area contributed by atoms with Crippen LogP contribution in [0.2, 0.25) is 0 Å². The van der Waals surface area contributed by atoms with Gasteiger partial charge >= 0.3 is 6.61 Å². The number of nitrogens with zero attached hydrogens (tertiary/aromatic N) is 1. The zero-order valence-corrected chi connectivity index (χ0v) is 17.1. The maximum absolute atomic E-state index is 13.0. The summed E-state index contributed by atoms with van der Waals surface area (Å²) in [6, 6.07) is 17.6. The lowest BCUT2D eigenvalue weighted by atomic mass is 10.0. The first-order valence-corrected chi connectivity index (χ1v) is 9.62. The molecule has 32 heavy (non-hydrogen) atoms. The molecule has 3 rings (SSSR count). The van der Waals surface area contributed by atoms with Gasteiger partial charge in [-0.3, -0.25) is 9.59 Å². The van der Waals surface area contributed by atoms with Crippen LogP contribution < -0.4 is 9.47 Å². The van der Waals surface area contributed by atoms with Crippen LogP contribution in [0.1, 0.15) is 21.5 Å². The van der Waals surface area contributed by atoms with Crippen LogP contribution in [0, 0.1) is 5.82 Å². The van der Waals surface area contributed by atoms with Gasteiger partial charge in [-0.1, -0.05) is 12.1 Å². The zero-order chi connectivity index (χ0) is 23.1. The van der Waals surface area contributed by atoms with Crippen molar-refractivity contribution in [1.29, 1.82) is 0 Å². The third kappa shape index (κ3) is 6.34. The molecule has 0 radical (unpaired) electrons. The minimum absolute atomic E-state index is 0.0439. The monoisotopic (exact) mass is 443 g/mol. The number of likely N-dealkylation sites (N-methyl/N-ethyl adjacent to an activating group) is 1. The summed E-state index contributed by atoms with van der Waals surface area (Å²) in [5.74, 6) is -0.502. The van der Waals surface area contributed by atoms with Gasteiger partial charge in [-0.2, -0.15) is 8.78 Å². The Kier molecular flexibility index (Phi) is 7.49. The Hall–Kier alpha value is -3.81. The molecule has 0 atom stereocenters. The molecule has 0 aromatic heterocycles. The molecule has 1 amide bonds. The van der Waals surface area contributed by atoms with Gasteiger partial charge in [-0.25, -0.2) is 4.39 Å². The Morgan fingerprint density at radius 2 is 1.38 bits per heavy atom. The SMILES string of the molecule is CN(Cc1ccc(OC(F)F)cc1)C(=O)COc1ccc(C(=O)c2ccc(F)cc2)cc1. The molecule has 0 fully saturated rings. The van der Waals surface area contributed by atoms with Crippen LogP contribution in [-0.4, -0.2) is 36.9 Å². The molecule has 8 heteroatoms. The molecule has 5 nitrogen and oxygen atoms in total. The first-order valence-electron chi connectivity index (χ1n) is 9.62. The number of carbonyl (C=O) groups is 2. The molecule has 0 spiro atoms. The van der Waals surface area contributed by atoms with Gasteiger partial charge in [0.1, 0.15) is 17.3 Å². The third-order valence-corrected chi connectivity index (χ3v) is 4.58. The molecule has 0 saturated heterocycles. The molecule has 0 aliphatic carbocycles. The molecule has 0 unspecified atom stereocenters. The van der Waals surface area contributed by atoms with E-state index in [9.17, 15) is 22.8 Å². The maximum atomic E-state index is 13.0. The predicted molar refractivity (Wildman–Crippen MR) is 111 cm³/mol. The second-order valence-corrected chi connectivity index (χ2v) is 6.92. The summed E-state index contributed by atoms with van der Waals surface area (Å²) in [5.41, 5.74) is 1.52. The molecule has 0 aliphatic heterocycles. The van der Waals surface area contributed by atoms with Crippen LogP contribution in [0.5, 0.6) is 11.5 Å². The summed E-state index contributed by atoms with van der Waals surface area (Å²) < 4.78 is 47.2. The topological polar surface area (TPSA) is 55.8 Å². The number of carbonyl (C=O) groups excluding carboxylic acids is 2. The molecular weight excluding hydrogens is 423 g/mol. The molecule has 0 N–H and O–H groups in total. The summed E-state index contributed by atoms with van der Waals surface area (Å²) >= 11 is 0. The number of benzene rings is 3. The van der Waals surface area contributed by atoms with Crippen molar-refractivity contribution < 1.29 is 32.2 Å². The Bertz CT molecular complexity index is 1050. The highest BCUT2D eigenvalue weighted by Crippen LogP contribution is 2.17. The number of hydrogen-bond donors (Lipinski definition) is 0. The van der Waals surface area contributed by atoms with Crippen molar-refractivity contribution in [3.63, 3.8) is 0 Å². The van der Waals surface area contributed by atoms with Crippen molar-refractivity contribution in [2.75, 3.05) is 13.7 Å². The fourth-order valence-electron chi connectivity index (χ4n) is 2.86. The summed E-state index contributed by atoms with van der Waals surface area (Å²) in [4.78, 5) is 26.2. The third-order valence-electron chi connectivity index (χ3n) is 4.58. The molecule has 0 bridgehead atoms. The highest BCUT2D eigenvalue weighted by molar-refractivity contribution is 6.09. The fraction of sp³-hybridized carbons (Fsp3) is 0.167. The number of halogens is 3. The van der Waals surface area contributed by atoms with E-state index in [1.54, 1.807) is 43.4 Å². The Morgan fingerprint density at radius 1 is 0.844 bits per heavy atom. The average molecular weight is 443 g/mol. The van der Waals surface area contributed by atoms with E-state index in [-0.39, 0.29) is 30.6 Å². The lowest BCUT2D eigenvalue weighted by molar-refractivity contribution is -0.132. The number of amides is 1. The molecule has 0 aliphatic rings. The summed E-state index contributed by atoms with van der Waals surface area (Å²) in [5, 5.41) is 0. The number of rotatable bonds is 9. The van der Waals surface area contributed by atoms with Gasteiger partial charge in [0.05, 0.1) is 0 Å². The molecular formula is C24H20F3NO4. The van der Waals surface area contributed by atoms with E-state index < -0.39 is 12.4 Å². The molecule has 3 aromatic carbocycles. The van der Waals surface area contributed by atoms with E-state index in [1.165, 1.54) is 41.3 Å². The van der Waals surface area contributed by atoms with E-state index in [1.807, 2.05) is 0 Å². The van der Waals surface area contributed by atoms with Crippen molar-refractivity contribution in [2.24, 2.45) is 0 Å². The zero-order valence-electron chi connectivity index (χ0n) is 17.1. The summed E-state index contributed by atoms with van der Waals surface area (Å²) in [6.45, 7) is -2.84. The number of ether oxygens (including phenoxy) is 2. The highest BCUT2D eigenvalue weighted by atomic mass is 19.3. The van der Waals surface area contributed by atoms with Crippen molar-refractivity contribution in [3.05, 3.63) is 95.3 Å². The van der Waals surface area contributed by atoms with Crippen LogP contribution in [0.4, 0.5) is 13.2 Å². The number of alkyl halides is 2. The molecule has 3 aromatic rings. The van der Waals surface area contributed by atoms with Crippen LogP contribution in [0.25, 0.3) is 0 Å². The van der Waals surface area contributed by atoms with Crippen molar-refractivity contribution in [2.45, 2.75) is 13.2 Å². The van der Waals surface area contributed by atoms with Gasteiger partial charge in [0.15, 0.2) is 12.4 Å². The van der Waals surface area contributed by atoms with Gasteiger partial charge in [0.2, 0.25) is 0 Å². The Balaban J connectivity index is 1.50. The second-order valence-electron chi connectivity index (χ2n) is 6.92. The number of ketones is 1. The van der Waals surface area contributed by atoms with E-state index in [0.717, 1.165) is 5.56 Å². The predicted octanol–water partition coefficient (Wildman–Crippen LogP) is 4.70. The van der Waals surface area contributed by atoms with Crippen LogP contribution in [0.15, 0.2) is 72.8 Å². The fourth-order valence-corrected chi connectivity index (χ4v) is 2.86. The minimum Gasteiger partial charge on any atom is -0.484 e. The minimum atomic E-state index is -2.89. The van der Waals surface area contributed by atoms with Gasteiger partial charge in [0, 0.05) is 24.7 Å². The average Bonchev–Trinajstić information content (AvgIpc) is 2.79. The van der Waals surface area contributed by atoms with Gasteiger partial charge in [-0.15, -0.1) is 0 Å². The second kappa shape index (κ2) is 10.5. The van der Waals surface area contributed by atoms with Crippen LogP contribution >= 0.6 is 0 Å². The maximum Gasteiger partial charge on any atom is 0.387 e. The largest absolute Gasteiger partial charge is 0.484 e. The summed E-state index contributed by atoms with van der Waals surface area (Å²) in [6.07, 6.45) is 0. The van der Waals surface area contributed by atoms with Crippen molar-refractivity contribution in [1.82, 2.24) is 4.90 Å². The quantitative estimate of drug-likeness (QED) is 0.450. The normalized spacial score (nSPS) is 10.7. The molecule has 0 heterocycles. The van der Waals surface area contributed by atoms with Gasteiger partial charge < -0.3 is 14.4 Å². The first-order chi connectivity index (χ1) is 15.3. The lowest BCUT2D eigenvalue weighted by Gasteiger charge is -2.18. The molecule has 0 saturated carbocycles. The van der Waals surface area contributed by atoms with E-state index in [2.05, 4.69) is 4.74 Å².